The molecule has 1 aliphatic heterocycles. The van der Waals surface area contributed by atoms with E-state index in [1.165, 1.54) is 11.8 Å². The monoisotopic (exact) mass is 401 g/mol. The molecule has 2 aromatic heterocycles. The summed E-state index contributed by atoms with van der Waals surface area (Å²) >= 11 is 3.10. The standard InChI is InChI=1S/C20H23N3O2S2/c1-26-19-17(5-2-10-21-19)20(25)23-11-8-15(9-12-23)14-22-18(24)7-6-16-4-3-13-27-16/h2-7,10,13,15H,8-9,11-12,14H2,1H3,(H,22,24)/b7-6+. The zero-order chi connectivity index (χ0) is 19.1. The maximum absolute atomic E-state index is 12.7. The van der Waals surface area contributed by atoms with Crippen LogP contribution in [0.1, 0.15) is 28.1 Å². The van der Waals surface area contributed by atoms with Crippen molar-refractivity contribution in [3.8, 4) is 0 Å². The molecule has 2 aromatic rings. The number of thioether (sulfide) groups is 1. The minimum atomic E-state index is -0.0677. The normalized spacial score (nSPS) is 15.2. The first-order chi connectivity index (χ1) is 13.2. The molecule has 142 valence electrons. The number of carbonyl (C=O) groups excluding carboxylic acids is 2. The van der Waals surface area contributed by atoms with Gasteiger partial charge in [-0.25, -0.2) is 4.98 Å². The van der Waals surface area contributed by atoms with Crippen molar-refractivity contribution in [1.82, 2.24) is 15.2 Å². The molecule has 1 saturated heterocycles. The van der Waals surface area contributed by atoms with Crippen LogP contribution in [-0.2, 0) is 4.79 Å². The number of nitrogens with zero attached hydrogens (tertiary/aromatic N) is 2. The SMILES string of the molecule is CSc1ncccc1C(=O)N1CCC(CNC(=O)/C=C/c2cccs2)CC1. The van der Waals surface area contributed by atoms with E-state index < -0.39 is 0 Å². The molecule has 1 fully saturated rings. The first kappa shape index (κ1) is 19.6. The Bertz CT molecular complexity index is 797. The number of rotatable bonds is 6. The summed E-state index contributed by atoms with van der Waals surface area (Å²) in [6, 6.07) is 7.59. The van der Waals surface area contributed by atoms with Crippen LogP contribution < -0.4 is 5.32 Å². The van der Waals surface area contributed by atoms with Crippen LogP contribution in [0.4, 0.5) is 0 Å². The summed E-state index contributed by atoms with van der Waals surface area (Å²) in [5.41, 5.74) is 0.676. The number of amides is 2. The zero-order valence-electron chi connectivity index (χ0n) is 15.3. The van der Waals surface area contributed by atoms with E-state index >= 15 is 0 Å². The van der Waals surface area contributed by atoms with Gasteiger partial charge in [-0.15, -0.1) is 23.1 Å². The van der Waals surface area contributed by atoms with Gasteiger partial charge in [-0.05, 0) is 54.7 Å². The summed E-state index contributed by atoms with van der Waals surface area (Å²) < 4.78 is 0. The lowest BCUT2D eigenvalue weighted by molar-refractivity contribution is -0.116. The van der Waals surface area contributed by atoms with Crippen molar-refractivity contribution in [2.45, 2.75) is 17.9 Å². The van der Waals surface area contributed by atoms with Gasteiger partial charge in [0.05, 0.1) is 5.56 Å². The predicted octanol–water partition coefficient (Wildman–Crippen LogP) is 3.55. The predicted molar refractivity (Wildman–Crippen MR) is 111 cm³/mol. The van der Waals surface area contributed by atoms with Crippen LogP contribution in [0.2, 0.25) is 0 Å². The van der Waals surface area contributed by atoms with Crippen molar-refractivity contribution in [2.75, 3.05) is 25.9 Å². The molecule has 0 aromatic carbocycles. The summed E-state index contributed by atoms with van der Waals surface area (Å²) in [5.74, 6) is 0.387. The van der Waals surface area contributed by atoms with Crippen molar-refractivity contribution >= 4 is 41.0 Å². The Kier molecular flexibility index (Phi) is 7.06. The fourth-order valence-corrected chi connectivity index (χ4v) is 4.23. The van der Waals surface area contributed by atoms with E-state index in [0.717, 1.165) is 22.7 Å². The molecule has 0 saturated carbocycles. The molecule has 0 spiro atoms. The summed E-state index contributed by atoms with van der Waals surface area (Å²) in [7, 11) is 0. The Balaban J connectivity index is 1.45. The number of hydrogen-bond acceptors (Lipinski definition) is 5. The molecule has 0 radical (unpaired) electrons. The quantitative estimate of drug-likeness (QED) is 0.594. The maximum atomic E-state index is 12.7. The zero-order valence-corrected chi connectivity index (χ0v) is 16.9. The molecule has 2 amide bonds. The molecular weight excluding hydrogens is 378 g/mol. The Morgan fingerprint density at radius 2 is 2.15 bits per heavy atom. The van der Waals surface area contributed by atoms with Gasteiger partial charge in [0.25, 0.3) is 5.91 Å². The molecule has 0 unspecified atom stereocenters. The number of piperidine rings is 1. The first-order valence-corrected chi connectivity index (χ1v) is 11.1. The fourth-order valence-electron chi connectivity index (χ4n) is 3.07. The highest BCUT2D eigenvalue weighted by molar-refractivity contribution is 7.98. The molecule has 1 N–H and O–H groups in total. The van der Waals surface area contributed by atoms with Gasteiger partial charge in [-0.3, -0.25) is 9.59 Å². The molecule has 0 aliphatic carbocycles. The third kappa shape index (κ3) is 5.43. The summed E-state index contributed by atoms with van der Waals surface area (Å²) in [4.78, 5) is 31.9. The Morgan fingerprint density at radius 3 is 2.85 bits per heavy atom. The Morgan fingerprint density at radius 1 is 1.33 bits per heavy atom. The van der Waals surface area contributed by atoms with Crippen molar-refractivity contribution in [2.24, 2.45) is 5.92 Å². The van der Waals surface area contributed by atoms with Crippen LogP contribution in [0.3, 0.4) is 0 Å². The second-order valence-electron chi connectivity index (χ2n) is 6.39. The number of pyridine rings is 1. The van der Waals surface area contributed by atoms with Crippen molar-refractivity contribution < 1.29 is 9.59 Å². The largest absolute Gasteiger partial charge is 0.352 e. The Labute approximate surface area is 167 Å². The third-order valence-electron chi connectivity index (χ3n) is 4.60. The minimum absolute atomic E-state index is 0.0498. The van der Waals surface area contributed by atoms with E-state index in [1.807, 2.05) is 40.8 Å². The van der Waals surface area contributed by atoms with Gasteiger partial charge < -0.3 is 10.2 Å². The van der Waals surface area contributed by atoms with Crippen molar-refractivity contribution in [3.63, 3.8) is 0 Å². The number of likely N-dealkylation sites (tertiary alicyclic amines) is 1. The van der Waals surface area contributed by atoms with Crippen molar-refractivity contribution in [1.29, 1.82) is 0 Å². The lowest BCUT2D eigenvalue weighted by Crippen LogP contribution is -2.41. The van der Waals surface area contributed by atoms with Gasteiger partial charge in [0, 0.05) is 36.8 Å². The second-order valence-corrected chi connectivity index (χ2v) is 8.16. The highest BCUT2D eigenvalue weighted by atomic mass is 32.2. The van der Waals surface area contributed by atoms with E-state index in [4.69, 9.17) is 0 Å². The Hall–Kier alpha value is -2.12. The van der Waals surface area contributed by atoms with E-state index in [-0.39, 0.29) is 11.8 Å². The molecule has 1 aliphatic rings. The summed E-state index contributed by atoms with van der Waals surface area (Å²) in [6.07, 6.45) is 8.85. The molecule has 3 heterocycles. The molecule has 0 bridgehead atoms. The van der Waals surface area contributed by atoms with E-state index in [2.05, 4.69) is 10.3 Å². The van der Waals surface area contributed by atoms with Gasteiger partial charge >= 0.3 is 0 Å². The third-order valence-corrected chi connectivity index (χ3v) is 6.15. The maximum Gasteiger partial charge on any atom is 0.256 e. The highest BCUT2D eigenvalue weighted by Gasteiger charge is 2.25. The lowest BCUT2D eigenvalue weighted by atomic mass is 9.96. The number of hydrogen-bond donors (Lipinski definition) is 1. The minimum Gasteiger partial charge on any atom is -0.352 e. The number of carbonyl (C=O) groups is 2. The average molecular weight is 402 g/mol. The second kappa shape index (κ2) is 9.71. The van der Waals surface area contributed by atoms with Gasteiger partial charge in [0.1, 0.15) is 5.03 Å². The lowest BCUT2D eigenvalue weighted by Gasteiger charge is -2.32. The molecule has 27 heavy (non-hydrogen) atoms. The van der Waals surface area contributed by atoms with Crippen LogP contribution in [0.15, 0.2) is 46.9 Å². The molecular formula is C20H23N3O2S2. The molecule has 7 heteroatoms. The smallest absolute Gasteiger partial charge is 0.256 e. The van der Waals surface area contributed by atoms with Gasteiger partial charge in [0.15, 0.2) is 0 Å². The van der Waals surface area contributed by atoms with Crippen LogP contribution in [0.5, 0.6) is 0 Å². The van der Waals surface area contributed by atoms with E-state index in [9.17, 15) is 9.59 Å². The van der Waals surface area contributed by atoms with Gasteiger partial charge in [-0.2, -0.15) is 0 Å². The van der Waals surface area contributed by atoms with Crippen LogP contribution in [-0.4, -0.2) is 47.6 Å². The average Bonchev–Trinajstić information content (AvgIpc) is 3.24. The fraction of sp³-hybridized carbons (Fsp3) is 0.350. The molecule has 3 rings (SSSR count). The number of thiophene rings is 1. The number of aromatic nitrogens is 1. The van der Waals surface area contributed by atoms with E-state index in [0.29, 0.717) is 31.1 Å². The molecule has 5 nitrogen and oxygen atoms in total. The topological polar surface area (TPSA) is 62.3 Å². The summed E-state index contributed by atoms with van der Waals surface area (Å²) in [6.45, 7) is 2.08. The van der Waals surface area contributed by atoms with Gasteiger partial charge in [0.2, 0.25) is 5.91 Å². The van der Waals surface area contributed by atoms with E-state index in [1.54, 1.807) is 29.7 Å². The van der Waals surface area contributed by atoms with Crippen LogP contribution >= 0.6 is 23.1 Å². The first-order valence-electron chi connectivity index (χ1n) is 8.95. The summed E-state index contributed by atoms with van der Waals surface area (Å²) in [5, 5.41) is 5.73. The highest BCUT2D eigenvalue weighted by Crippen LogP contribution is 2.22. The van der Waals surface area contributed by atoms with Gasteiger partial charge in [-0.1, -0.05) is 6.07 Å². The van der Waals surface area contributed by atoms with Crippen molar-refractivity contribution in [3.05, 3.63) is 52.4 Å². The number of nitrogens with one attached hydrogen (secondary N) is 1. The molecule has 0 atom stereocenters. The van der Waals surface area contributed by atoms with Crippen LogP contribution in [0.25, 0.3) is 6.08 Å². The van der Waals surface area contributed by atoms with Crippen LogP contribution in [0, 0.1) is 5.92 Å².